The summed E-state index contributed by atoms with van der Waals surface area (Å²) in [5, 5.41) is 4.27. The third-order valence-electron chi connectivity index (χ3n) is 3.02. The first kappa shape index (κ1) is 15.4. The third-order valence-corrected chi connectivity index (χ3v) is 3.27. The van der Waals surface area contributed by atoms with Crippen molar-refractivity contribution in [3.63, 3.8) is 0 Å². The van der Waals surface area contributed by atoms with E-state index in [4.69, 9.17) is 21.1 Å². The van der Waals surface area contributed by atoms with E-state index in [-0.39, 0.29) is 18.4 Å². The zero-order valence-electron chi connectivity index (χ0n) is 11.4. The van der Waals surface area contributed by atoms with Gasteiger partial charge in [0.15, 0.2) is 6.29 Å². The number of hydrogen-bond donors (Lipinski definition) is 1. The largest absolute Gasteiger partial charge is 0.354 e. The summed E-state index contributed by atoms with van der Waals surface area (Å²) in [4.78, 5) is 0. The molecule has 0 heterocycles. The molecule has 1 aromatic rings. The second-order valence-electron chi connectivity index (χ2n) is 4.31. The number of nitrogens with one attached hydrogen (secondary N) is 1. The van der Waals surface area contributed by atoms with Crippen LogP contribution in [0, 0.1) is 0 Å². The second-order valence-corrected chi connectivity index (χ2v) is 4.74. The van der Waals surface area contributed by atoms with Gasteiger partial charge in [-0.25, -0.2) is 0 Å². The van der Waals surface area contributed by atoms with Crippen LogP contribution in [-0.2, 0) is 9.47 Å². The summed E-state index contributed by atoms with van der Waals surface area (Å²) >= 11 is 5.90. The average Bonchev–Trinajstić information content (AvgIpc) is 2.38. The highest BCUT2D eigenvalue weighted by Gasteiger charge is 2.19. The summed E-state index contributed by atoms with van der Waals surface area (Å²) in [7, 11) is 3.30. The highest BCUT2D eigenvalue weighted by atomic mass is 35.5. The van der Waals surface area contributed by atoms with Crippen LogP contribution in [0.4, 0.5) is 0 Å². The van der Waals surface area contributed by atoms with E-state index in [0.717, 1.165) is 11.4 Å². The molecule has 0 fully saturated rings. The fourth-order valence-electron chi connectivity index (χ4n) is 2.05. The minimum absolute atomic E-state index is 0.112. The van der Waals surface area contributed by atoms with Gasteiger partial charge in [-0.15, -0.1) is 0 Å². The van der Waals surface area contributed by atoms with Gasteiger partial charge in [-0.2, -0.15) is 0 Å². The van der Waals surface area contributed by atoms with Crippen molar-refractivity contribution in [2.45, 2.75) is 38.6 Å². The van der Waals surface area contributed by atoms with Crippen LogP contribution < -0.4 is 5.32 Å². The first-order valence-electron chi connectivity index (χ1n) is 6.19. The lowest BCUT2D eigenvalue weighted by atomic mass is 10.0. The van der Waals surface area contributed by atoms with Crippen molar-refractivity contribution in [1.82, 2.24) is 5.32 Å². The zero-order chi connectivity index (χ0) is 13.5. The lowest BCUT2D eigenvalue weighted by Gasteiger charge is -2.27. The van der Waals surface area contributed by atoms with Gasteiger partial charge in [0.05, 0.1) is 6.04 Å². The molecule has 0 aromatic heterocycles. The topological polar surface area (TPSA) is 30.5 Å². The molecule has 1 rings (SSSR count). The minimum atomic E-state index is -0.244. The number of methoxy groups -OCH3 is 2. The summed E-state index contributed by atoms with van der Waals surface area (Å²) in [5.41, 5.74) is 1.22. The first-order chi connectivity index (χ1) is 8.62. The van der Waals surface area contributed by atoms with E-state index in [0.29, 0.717) is 0 Å². The number of halogens is 1. The Morgan fingerprint density at radius 2 is 1.72 bits per heavy atom. The fraction of sp³-hybridized carbons (Fsp3) is 0.571. The Labute approximate surface area is 114 Å². The normalized spacial score (nSPS) is 14.8. The van der Waals surface area contributed by atoms with Gasteiger partial charge < -0.3 is 14.8 Å². The van der Waals surface area contributed by atoms with Crippen LogP contribution in [0.5, 0.6) is 0 Å². The summed E-state index contributed by atoms with van der Waals surface area (Å²) in [6.45, 7) is 4.20. The molecule has 2 atom stereocenters. The maximum Gasteiger partial charge on any atom is 0.171 e. The monoisotopic (exact) mass is 271 g/mol. The van der Waals surface area contributed by atoms with E-state index < -0.39 is 0 Å². The number of ether oxygens (including phenoxy) is 2. The van der Waals surface area contributed by atoms with Crippen LogP contribution in [0.25, 0.3) is 0 Å². The van der Waals surface area contributed by atoms with E-state index in [2.05, 4.69) is 19.2 Å². The maximum atomic E-state index is 5.90. The van der Waals surface area contributed by atoms with Crippen molar-refractivity contribution in [2.24, 2.45) is 0 Å². The van der Waals surface area contributed by atoms with Crippen LogP contribution in [0.15, 0.2) is 24.3 Å². The van der Waals surface area contributed by atoms with Gasteiger partial charge in [0.2, 0.25) is 0 Å². The molecule has 0 aliphatic rings. The molecule has 0 saturated heterocycles. The molecule has 1 aromatic carbocycles. The van der Waals surface area contributed by atoms with E-state index in [1.165, 1.54) is 5.56 Å². The molecule has 1 N–H and O–H groups in total. The van der Waals surface area contributed by atoms with Gasteiger partial charge in [0.25, 0.3) is 0 Å². The second kappa shape index (κ2) is 7.74. The summed E-state index contributed by atoms with van der Waals surface area (Å²) in [5.74, 6) is 0. The quantitative estimate of drug-likeness (QED) is 0.771. The minimum Gasteiger partial charge on any atom is -0.354 e. The number of rotatable bonds is 7. The molecule has 0 spiro atoms. The molecule has 2 unspecified atom stereocenters. The Bertz CT molecular complexity index is 338. The Kier molecular flexibility index (Phi) is 6.65. The van der Waals surface area contributed by atoms with Crippen molar-refractivity contribution in [3.05, 3.63) is 34.9 Å². The smallest absolute Gasteiger partial charge is 0.171 e. The molecule has 0 aliphatic carbocycles. The van der Waals surface area contributed by atoms with Crippen LogP contribution >= 0.6 is 11.6 Å². The maximum absolute atomic E-state index is 5.90. The molecule has 0 amide bonds. The van der Waals surface area contributed by atoms with Gasteiger partial charge in [-0.3, -0.25) is 0 Å². The molecule has 0 radical (unpaired) electrons. The third kappa shape index (κ3) is 4.25. The highest BCUT2D eigenvalue weighted by molar-refractivity contribution is 6.30. The highest BCUT2D eigenvalue weighted by Crippen LogP contribution is 2.20. The fourth-order valence-corrected chi connectivity index (χ4v) is 2.17. The molecule has 4 heteroatoms. The van der Waals surface area contributed by atoms with Crippen molar-refractivity contribution in [2.75, 3.05) is 14.2 Å². The predicted octanol–water partition coefficient (Wildman–Crippen LogP) is 3.39. The average molecular weight is 272 g/mol. The van der Waals surface area contributed by atoms with E-state index in [9.17, 15) is 0 Å². The van der Waals surface area contributed by atoms with Crippen LogP contribution in [0.3, 0.4) is 0 Å². The van der Waals surface area contributed by atoms with Crippen molar-refractivity contribution < 1.29 is 9.47 Å². The SMILES string of the molecule is CCC(NC(C)C(OC)OC)c1ccc(Cl)cc1. The van der Waals surface area contributed by atoms with E-state index in [1.54, 1.807) is 14.2 Å². The molecular formula is C14H22ClNO2. The van der Waals surface area contributed by atoms with Crippen LogP contribution in [0.1, 0.15) is 31.9 Å². The number of benzene rings is 1. The Balaban J connectivity index is 2.69. The summed E-state index contributed by atoms with van der Waals surface area (Å²) in [6.07, 6.45) is 0.748. The Hall–Kier alpha value is -0.610. The van der Waals surface area contributed by atoms with Crippen LogP contribution in [0.2, 0.25) is 5.02 Å². The van der Waals surface area contributed by atoms with Gasteiger partial charge in [-0.1, -0.05) is 30.7 Å². The number of hydrogen-bond acceptors (Lipinski definition) is 3. The van der Waals surface area contributed by atoms with Gasteiger partial charge in [0, 0.05) is 25.3 Å². The lowest BCUT2D eigenvalue weighted by molar-refractivity contribution is -0.121. The molecule has 0 bridgehead atoms. The molecular weight excluding hydrogens is 250 g/mol. The lowest BCUT2D eigenvalue weighted by Crippen LogP contribution is -2.41. The van der Waals surface area contributed by atoms with Gasteiger partial charge >= 0.3 is 0 Å². The van der Waals surface area contributed by atoms with Crippen molar-refractivity contribution in [1.29, 1.82) is 0 Å². The molecule has 3 nitrogen and oxygen atoms in total. The first-order valence-corrected chi connectivity index (χ1v) is 6.57. The van der Waals surface area contributed by atoms with Gasteiger partial charge in [0.1, 0.15) is 0 Å². The molecule has 18 heavy (non-hydrogen) atoms. The predicted molar refractivity (Wildman–Crippen MR) is 74.9 cm³/mol. The standard InChI is InChI=1S/C14H22ClNO2/c1-5-13(11-6-8-12(15)9-7-11)16-10(2)14(17-3)18-4/h6-10,13-14,16H,5H2,1-4H3. The summed E-state index contributed by atoms with van der Waals surface area (Å²) < 4.78 is 10.5. The Morgan fingerprint density at radius 1 is 1.17 bits per heavy atom. The van der Waals surface area contributed by atoms with Crippen molar-refractivity contribution >= 4 is 11.6 Å². The Morgan fingerprint density at radius 3 is 2.17 bits per heavy atom. The zero-order valence-corrected chi connectivity index (χ0v) is 12.2. The molecule has 0 aliphatic heterocycles. The van der Waals surface area contributed by atoms with Crippen LogP contribution in [-0.4, -0.2) is 26.6 Å². The van der Waals surface area contributed by atoms with E-state index >= 15 is 0 Å². The van der Waals surface area contributed by atoms with E-state index in [1.807, 2.05) is 24.3 Å². The molecule has 102 valence electrons. The molecule has 0 saturated carbocycles. The summed E-state index contributed by atoms with van der Waals surface area (Å²) in [6, 6.07) is 8.30. The van der Waals surface area contributed by atoms with Crippen molar-refractivity contribution in [3.8, 4) is 0 Å². The van der Waals surface area contributed by atoms with Gasteiger partial charge in [-0.05, 0) is 31.0 Å².